The Morgan fingerprint density at radius 1 is 1.56 bits per heavy atom. The zero-order chi connectivity index (χ0) is 13.2. The first kappa shape index (κ1) is 14.0. The van der Waals surface area contributed by atoms with Gasteiger partial charge in [-0.15, -0.1) is 11.3 Å². The van der Waals surface area contributed by atoms with Crippen molar-refractivity contribution in [2.75, 3.05) is 7.05 Å². The monoisotopic (exact) mass is 331 g/mol. The fraction of sp³-hybridized carbons (Fsp3) is 0.615. The van der Waals surface area contributed by atoms with Gasteiger partial charge in [-0.2, -0.15) is 0 Å². The molecule has 1 aliphatic rings. The summed E-state index contributed by atoms with van der Waals surface area (Å²) < 4.78 is 1.05. The Kier molecular flexibility index (Phi) is 4.45. The van der Waals surface area contributed by atoms with E-state index >= 15 is 0 Å². The lowest BCUT2D eigenvalue weighted by atomic mass is 9.97. The van der Waals surface area contributed by atoms with Crippen molar-refractivity contribution in [3.8, 4) is 0 Å². The number of carbonyl (C=O) groups excluding carboxylic acids is 1. The molecule has 0 unspecified atom stereocenters. The second-order valence-electron chi connectivity index (χ2n) is 5.09. The minimum atomic E-state index is -0.749. The number of rotatable bonds is 4. The van der Waals surface area contributed by atoms with E-state index in [1.807, 2.05) is 11.4 Å². The zero-order valence-electron chi connectivity index (χ0n) is 10.5. The molecule has 0 aliphatic heterocycles. The Hall–Kier alpha value is -0.390. The second kappa shape index (κ2) is 5.72. The van der Waals surface area contributed by atoms with Gasteiger partial charge in [0.2, 0.25) is 5.91 Å². The molecule has 0 aromatic carbocycles. The topological polar surface area (TPSA) is 40.5 Å². The van der Waals surface area contributed by atoms with Crippen LogP contribution in [0.4, 0.5) is 0 Å². The molecular weight excluding hydrogens is 314 g/mol. The van der Waals surface area contributed by atoms with E-state index in [0.717, 1.165) is 35.0 Å². The molecular formula is C13H18BrNO2S. The van der Waals surface area contributed by atoms with Gasteiger partial charge in [0.1, 0.15) is 0 Å². The van der Waals surface area contributed by atoms with E-state index < -0.39 is 5.60 Å². The number of thiophene rings is 1. The molecule has 5 heteroatoms. The number of hydrogen-bond acceptors (Lipinski definition) is 3. The van der Waals surface area contributed by atoms with Crippen LogP contribution in [0.15, 0.2) is 15.9 Å². The van der Waals surface area contributed by atoms with E-state index in [1.54, 1.807) is 23.3 Å². The Labute approximate surface area is 120 Å². The quantitative estimate of drug-likeness (QED) is 0.920. The van der Waals surface area contributed by atoms with Gasteiger partial charge in [0.15, 0.2) is 0 Å². The molecule has 1 saturated carbocycles. The van der Waals surface area contributed by atoms with E-state index in [2.05, 4.69) is 15.9 Å². The molecule has 1 aliphatic carbocycles. The van der Waals surface area contributed by atoms with Gasteiger partial charge in [0, 0.05) is 21.8 Å². The van der Waals surface area contributed by atoms with Crippen molar-refractivity contribution in [2.45, 2.75) is 44.2 Å². The highest BCUT2D eigenvalue weighted by molar-refractivity contribution is 9.10. The van der Waals surface area contributed by atoms with Gasteiger partial charge in [-0.3, -0.25) is 4.79 Å². The maximum atomic E-state index is 12.1. The van der Waals surface area contributed by atoms with E-state index in [1.165, 1.54) is 0 Å². The summed E-state index contributed by atoms with van der Waals surface area (Å²) in [4.78, 5) is 14.9. The molecule has 1 aromatic rings. The summed E-state index contributed by atoms with van der Waals surface area (Å²) in [6.07, 6.45) is 3.85. The predicted octanol–water partition coefficient (Wildman–Crippen LogP) is 3.16. The van der Waals surface area contributed by atoms with Crippen LogP contribution in [0.5, 0.6) is 0 Å². The van der Waals surface area contributed by atoms with Crippen molar-refractivity contribution in [3.63, 3.8) is 0 Å². The molecule has 1 aromatic heterocycles. The molecule has 0 spiro atoms. The lowest BCUT2D eigenvalue weighted by Gasteiger charge is -2.25. The van der Waals surface area contributed by atoms with Crippen molar-refractivity contribution in [1.29, 1.82) is 0 Å². The Balaban J connectivity index is 1.88. The van der Waals surface area contributed by atoms with Crippen LogP contribution in [-0.2, 0) is 11.3 Å². The molecule has 1 fully saturated rings. The molecule has 1 amide bonds. The summed E-state index contributed by atoms with van der Waals surface area (Å²) in [7, 11) is 1.80. The van der Waals surface area contributed by atoms with E-state index in [4.69, 9.17) is 0 Å². The zero-order valence-corrected chi connectivity index (χ0v) is 12.9. The summed E-state index contributed by atoms with van der Waals surface area (Å²) in [6, 6.07) is 2.03. The van der Waals surface area contributed by atoms with Crippen LogP contribution in [-0.4, -0.2) is 28.6 Å². The fourth-order valence-electron chi connectivity index (χ4n) is 2.39. The maximum Gasteiger partial charge on any atom is 0.225 e. The highest BCUT2D eigenvalue weighted by atomic mass is 79.9. The number of nitrogens with zero attached hydrogens (tertiary/aromatic N) is 1. The van der Waals surface area contributed by atoms with E-state index in [9.17, 15) is 9.90 Å². The predicted molar refractivity (Wildman–Crippen MR) is 76.5 cm³/mol. The second-order valence-corrected chi connectivity index (χ2v) is 7.00. The number of hydrogen-bond donors (Lipinski definition) is 1. The molecule has 3 nitrogen and oxygen atoms in total. The lowest BCUT2D eigenvalue weighted by Crippen LogP contribution is -2.35. The molecule has 0 bridgehead atoms. The number of aliphatic hydroxyl groups is 1. The Morgan fingerprint density at radius 3 is 2.78 bits per heavy atom. The normalized spacial score (nSPS) is 17.9. The van der Waals surface area contributed by atoms with Crippen LogP contribution in [0.1, 0.15) is 37.0 Å². The third-order valence-electron chi connectivity index (χ3n) is 3.46. The van der Waals surface area contributed by atoms with Gasteiger partial charge >= 0.3 is 0 Å². The molecule has 100 valence electrons. The van der Waals surface area contributed by atoms with Gasteiger partial charge in [-0.05, 0) is 34.8 Å². The van der Waals surface area contributed by atoms with Gasteiger partial charge in [-0.1, -0.05) is 12.8 Å². The maximum absolute atomic E-state index is 12.1. The highest BCUT2D eigenvalue weighted by Gasteiger charge is 2.34. The Bertz CT molecular complexity index is 426. The van der Waals surface area contributed by atoms with Gasteiger partial charge in [-0.25, -0.2) is 0 Å². The fourth-order valence-corrected chi connectivity index (χ4v) is 3.89. The molecule has 18 heavy (non-hydrogen) atoms. The van der Waals surface area contributed by atoms with Gasteiger partial charge in [0.25, 0.3) is 0 Å². The van der Waals surface area contributed by atoms with Crippen LogP contribution in [0, 0.1) is 0 Å². The SMILES string of the molecule is CN(Cc1cc(Br)cs1)C(=O)CC1(O)CCCC1. The highest BCUT2D eigenvalue weighted by Crippen LogP contribution is 2.33. The molecule has 2 rings (SSSR count). The number of halogens is 1. The van der Waals surface area contributed by atoms with Crippen molar-refractivity contribution < 1.29 is 9.90 Å². The molecule has 1 heterocycles. The van der Waals surface area contributed by atoms with Crippen LogP contribution in [0.2, 0.25) is 0 Å². The first-order valence-corrected chi connectivity index (χ1v) is 7.85. The van der Waals surface area contributed by atoms with Gasteiger partial charge < -0.3 is 10.0 Å². The third kappa shape index (κ3) is 3.56. The average molecular weight is 332 g/mol. The minimum absolute atomic E-state index is 0.0314. The van der Waals surface area contributed by atoms with Crippen molar-refractivity contribution in [1.82, 2.24) is 4.90 Å². The van der Waals surface area contributed by atoms with Crippen molar-refractivity contribution >= 4 is 33.2 Å². The number of carbonyl (C=O) groups is 1. The van der Waals surface area contributed by atoms with Crippen molar-refractivity contribution in [2.24, 2.45) is 0 Å². The van der Waals surface area contributed by atoms with Crippen LogP contribution in [0.3, 0.4) is 0 Å². The lowest BCUT2D eigenvalue weighted by molar-refractivity contribution is -0.135. The van der Waals surface area contributed by atoms with E-state index in [-0.39, 0.29) is 12.3 Å². The summed E-state index contributed by atoms with van der Waals surface area (Å²) in [5.74, 6) is 0.0314. The van der Waals surface area contributed by atoms with Gasteiger partial charge in [0.05, 0.1) is 18.6 Å². The molecule has 0 saturated heterocycles. The number of amides is 1. The smallest absolute Gasteiger partial charge is 0.225 e. The minimum Gasteiger partial charge on any atom is -0.389 e. The van der Waals surface area contributed by atoms with E-state index in [0.29, 0.717) is 6.54 Å². The summed E-state index contributed by atoms with van der Waals surface area (Å²) in [5.41, 5.74) is -0.749. The van der Waals surface area contributed by atoms with Crippen LogP contribution >= 0.6 is 27.3 Å². The van der Waals surface area contributed by atoms with Crippen LogP contribution in [0.25, 0.3) is 0 Å². The summed E-state index contributed by atoms with van der Waals surface area (Å²) in [6.45, 7) is 0.616. The standard InChI is InChI=1S/C13H18BrNO2S/c1-15(8-11-6-10(14)9-18-11)12(16)7-13(17)4-2-3-5-13/h6,9,17H,2-5,7-8H2,1H3. The van der Waals surface area contributed by atoms with Crippen LogP contribution < -0.4 is 0 Å². The summed E-state index contributed by atoms with van der Waals surface area (Å²) in [5, 5.41) is 12.2. The largest absolute Gasteiger partial charge is 0.389 e. The van der Waals surface area contributed by atoms with Crippen molar-refractivity contribution in [3.05, 3.63) is 20.8 Å². The first-order chi connectivity index (χ1) is 8.48. The molecule has 0 atom stereocenters. The summed E-state index contributed by atoms with van der Waals surface area (Å²) >= 11 is 5.04. The third-order valence-corrected chi connectivity index (χ3v) is 5.14. The molecule has 1 N–H and O–H groups in total. The first-order valence-electron chi connectivity index (χ1n) is 6.18. The Morgan fingerprint density at radius 2 is 2.22 bits per heavy atom. The molecule has 0 radical (unpaired) electrons. The average Bonchev–Trinajstić information content (AvgIpc) is 2.88.